The van der Waals surface area contributed by atoms with E-state index >= 15 is 0 Å². The first-order valence-electron chi connectivity index (χ1n) is 7.00. The molecule has 0 atom stereocenters. The summed E-state index contributed by atoms with van der Waals surface area (Å²) < 4.78 is 5.12. The molecule has 0 unspecified atom stereocenters. The van der Waals surface area contributed by atoms with Gasteiger partial charge in [-0.1, -0.05) is 23.7 Å². The number of hydrogen-bond acceptors (Lipinski definition) is 6. The molecule has 128 valence electrons. The van der Waals surface area contributed by atoms with Gasteiger partial charge in [0.1, 0.15) is 11.8 Å². The van der Waals surface area contributed by atoms with Crippen molar-refractivity contribution in [2.75, 3.05) is 26.4 Å². The average Bonchev–Trinajstić information content (AvgIpc) is 2.58. The SMILES string of the molecule is Cc1cccnc1Cl.Cc1cccnc1OCCO.OCCO. The monoisotopic (exact) mass is 342 g/mol. The maximum Gasteiger partial charge on any atom is 0.216 e. The van der Waals surface area contributed by atoms with Gasteiger partial charge in [-0.25, -0.2) is 9.97 Å². The van der Waals surface area contributed by atoms with Crippen LogP contribution in [0.25, 0.3) is 0 Å². The van der Waals surface area contributed by atoms with Crippen LogP contribution in [0.4, 0.5) is 0 Å². The second-order valence-electron chi connectivity index (χ2n) is 4.26. The van der Waals surface area contributed by atoms with Gasteiger partial charge in [-0.2, -0.15) is 0 Å². The molecule has 3 N–H and O–H groups in total. The summed E-state index contributed by atoms with van der Waals surface area (Å²) in [5.74, 6) is 0.599. The molecule has 0 fully saturated rings. The molecule has 2 heterocycles. The highest BCUT2D eigenvalue weighted by Gasteiger charge is 1.96. The lowest BCUT2D eigenvalue weighted by Gasteiger charge is -2.04. The molecule has 0 amide bonds. The molecule has 2 rings (SSSR count). The Kier molecular flexibility index (Phi) is 12.9. The maximum atomic E-state index is 8.47. The van der Waals surface area contributed by atoms with Crippen LogP contribution in [0.1, 0.15) is 11.1 Å². The first-order valence-corrected chi connectivity index (χ1v) is 7.38. The number of ether oxygens (including phenoxy) is 1. The first-order chi connectivity index (χ1) is 11.1. The number of aryl methyl sites for hydroxylation is 2. The van der Waals surface area contributed by atoms with E-state index in [1.807, 2.05) is 38.1 Å². The lowest BCUT2D eigenvalue weighted by Crippen LogP contribution is -2.03. The highest BCUT2D eigenvalue weighted by atomic mass is 35.5. The van der Waals surface area contributed by atoms with E-state index in [1.54, 1.807) is 12.4 Å². The van der Waals surface area contributed by atoms with Crippen molar-refractivity contribution in [1.82, 2.24) is 9.97 Å². The van der Waals surface area contributed by atoms with Crippen LogP contribution < -0.4 is 4.74 Å². The highest BCUT2D eigenvalue weighted by Crippen LogP contribution is 2.11. The molecule has 0 aliphatic carbocycles. The van der Waals surface area contributed by atoms with E-state index in [1.165, 1.54) is 0 Å². The van der Waals surface area contributed by atoms with Gasteiger partial charge in [0, 0.05) is 18.0 Å². The quantitative estimate of drug-likeness (QED) is 0.733. The molecule has 2 aromatic rings. The fourth-order valence-electron chi connectivity index (χ4n) is 1.23. The molecule has 6 nitrogen and oxygen atoms in total. The van der Waals surface area contributed by atoms with Crippen molar-refractivity contribution in [3.8, 4) is 5.88 Å². The number of aliphatic hydroxyl groups is 3. The van der Waals surface area contributed by atoms with E-state index in [0.29, 0.717) is 17.6 Å². The number of hydrogen-bond donors (Lipinski definition) is 3. The molecule has 0 aromatic carbocycles. The zero-order chi connectivity index (χ0) is 17.5. The predicted molar refractivity (Wildman–Crippen MR) is 89.7 cm³/mol. The summed E-state index contributed by atoms with van der Waals surface area (Å²) in [6.45, 7) is 3.92. The largest absolute Gasteiger partial charge is 0.475 e. The summed E-state index contributed by atoms with van der Waals surface area (Å²) in [7, 11) is 0. The van der Waals surface area contributed by atoms with Crippen LogP contribution >= 0.6 is 11.6 Å². The number of aromatic nitrogens is 2. The van der Waals surface area contributed by atoms with E-state index < -0.39 is 0 Å². The Morgan fingerprint density at radius 2 is 1.48 bits per heavy atom. The summed E-state index contributed by atoms with van der Waals surface area (Å²) in [6.07, 6.45) is 3.34. The van der Waals surface area contributed by atoms with Crippen molar-refractivity contribution < 1.29 is 20.1 Å². The summed E-state index contributed by atoms with van der Waals surface area (Å²) in [4.78, 5) is 7.83. The van der Waals surface area contributed by atoms with Gasteiger partial charge in [0.05, 0.1) is 19.8 Å². The van der Waals surface area contributed by atoms with Gasteiger partial charge in [-0.3, -0.25) is 0 Å². The topological polar surface area (TPSA) is 95.7 Å². The van der Waals surface area contributed by atoms with Gasteiger partial charge < -0.3 is 20.1 Å². The van der Waals surface area contributed by atoms with Crippen LogP contribution in [0.5, 0.6) is 5.88 Å². The third kappa shape index (κ3) is 10.6. The van der Waals surface area contributed by atoms with Crippen LogP contribution in [0, 0.1) is 13.8 Å². The summed E-state index contributed by atoms with van der Waals surface area (Å²) in [6, 6.07) is 7.55. The standard InChI is InChI=1S/C8H11NO2.C6H6ClN.C2H6O2/c1-7-3-2-4-9-8(7)11-6-5-10;1-5-3-2-4-8-6(5)7;3-1-2-4/h2-4,10H,5-6H2,1H3;2-4H,1H3;3-4H,1-2H2. The van der Waals surface area contributed by atoms with E-state index in [9.17, 15) is 0 Å². The predicted octanol–water partition coefficient (Wildman–Crippen LogP) is 1.78. The minimum Gasteiger partial charge on any atom is -0.475 e. The molecule has 23 heavy (non-hydrogen) atoms. The number of rotatable bonds is 4. The van der Waals surface area contributed by atoms with Crippen LogP contribution in [-0.2, 0) is 0 Å². The molecule has 0 aliphatic heterocycles. The zero-order valence-electron chi connectivity index (χ0n) is 13.3. The van der Waals surface area contributed by atoms with E-state index in [2.05, 4.69) is 9.97 Å². The highest BCUT2D eigenvalue weighted by molar-refractivity contribution is 6.30. The van der Waals surface area contributed by atoms with Gasteiger partial charge in [0.2, 0.25) is 5.88 Å². The Morgan fingerprint density at radius 1 is 0.913 bits per heavy atom. The Labute approximate surface area is 141 Å². The molecule has 0 spiro atoms. The van der Waals surface area contributed by atoms with Gasteiger partial charge in [-0.05, 0) is 31.5 Å². The second kappa shape index (κ2) is 13.9. The van der Waals surface area contributed by atoms with Crippen LogP contribution in [0.2, 0.25) is 5.15 Å². The zero-order valence-corrected chi connectivity index (χ0v) is 14.1. The Morgan fingerprint density at radius 3 is 1.87 bits per heavy atom. The Hall–Kier alpha value is -1.73. The fraction of sp³-hybridized carbons (Fsp3) is 0.375. The number of nitrogens with zero attached hydrogens (tertiary/aromatic N) is 2. The van der Waals surface area contributed by atoms with Crippen LogP contribution in [0.15, 0.2) is 36.7 Å². The van der Waals surface area contributed by atoms with Crippen molar-refractivity contribution in [3.63, 3.8) is 0 Å². The number of pyridine rings is 2. The molecule has 0 aliphatic rings. The normalized spacial score (nSPS) is 9.13. The minimum atomic E-state index is -0.125. The lowest BCUT2D eigenvalue weighted by molar-refractivity contribution is 0.186. The molecule has 0 saturated heterocycles. The molecule has 2 aromatic heterocycles. The molecule has 0 bridgehead atoms. The van der Waals surface area contributed by atoms with Gasteiger partial charge in [-0.15, -0.1) is 0 Å². The van der Waals surface area contributed by atoms with Gasteiger partial charge in [0.25, 0.3) is 0 Å². The van der Waals surface area contributed by atoms with Crippen LogP contribution in [0.3, 0.4) is 0 Å². The molecular formula is C16H23ClN2O4. The number of aliphatic hydroxyl groups excluding tert-OH is 3. The van der Waals surface area contributed by atoms with Gasteiger partial charge >= 0.3 is 0 Å². The molecular weight excluding hydrogens is 320 g/mol. The summed E-state index contributed by atoms with van der Waals surface area (Å²) in [5.41, 5.74) is 2.01. The smallest absolute Gasteiger partial charge is 0.216 e. The molecule has 7 heteroatoms. The Balaban J connectivity index is 0.000000354. The summed E-state index contributed by atoms with van der Waals surface area (Å²) >= 11 is 5.60. The van der Waals surface area contributed by atoms with E-state index in [-0.39, 0.29) is 19.8 Å². The van der Waals surface area contributed by atoms with Gasteiger partial charge in [0.15, 0.2) is 0 Å². The average molecular weight is 343 g/mol. The van der Waals surface area contributed by atoms with Crippen molar-refractivity contribution in [2.45, 2.75) is 13.8 Å². The fourth-order valence-corrected chi connectivity index (χ4v) is 1.35. The second-order valence-corrected chi connectivity index (χ2v) is 4.61. The Bertz CT molecular complexity index is 518. The molecule has 0 radical (unpaired) electrons. The minimum absolute atomic E-state index is 0.0238. The van der Waals surface area contributed by atoms with Crippen molar-refractivity contribution in [1.29, 1.82) is 0 Å². The van der Waals surface area contributed by atoms with E-state index in [4.69, 9.17) is 31.7 Å². The third-order valence-corrected chi connectivity index (χ3v) is 2.73. The van der Waals surface area contributed by atoms with Crippen molar-refractivity contribution in [3.05, 3.63) is 52.9 Å². The number of halogens is 1. The maximum absolute atomic E-state index is 8.47. The van der Waals surface area contributed by atoms with E-state index in [0.717, 1.165) is 11.1 Å². The third-order valence-electron chi connectivity index (χ3n) is 2.34. The summed E-state index contributed by atoms with van der Waals surface area (Å²) in [5, 5.41) is 24.3. The first kappa shape index (κ1) is 21.3. The lowest BCUT2D eigenvalue weighted by atomic mass is 10.3. The van der Waals surface area contributed by atoms with Crippen molar-refractivity contribution >= 4 is 11.6 Å². The molecule has 0 saturated carbocycles. The van der Waals surface area contributed by atoms with Crippen molar-refractivity contribution in [2.24, 2.45) is 0 Å². The van der Waals surface area contributed by atoms with Crippen LogP contribution in [-0.4, -0.2) is 51.7 Å².